The van der Waals surface area contributed by atoms with E-state index in [0.29, 0.717) is 5.41 Å². The topological polar surface area (TPSA) is 0 Å². The molecule has 0 aliphatic carbocycles. The molecule has 0 spiro atoms. The predicted molar refractivity (Wildman–Crippen MR) is 159 cm³/mol. The molecule has 0 saturated heterocycles. The van der Waals surface area contributed by atoms with Crippen molar-refractivity contribution in [1.29, 1.82) is 0 Å². The van der Waals surface area contributed by atoms with Gasteiger partial charge in [-0.1, -0.05) is 189 Å². The smallest absolute Gasteiger partial charge is 0.0354 e. The first-order chi connectivity index (χ1) is 16.4. The number of unbranched alkanes of at least 4 members (excludes halogenated alkanes) is 15. The van der Waals surface area contributed by atoms with Crippen LogP contribution in [0.25, 0.3) is 0 Å². The predicted octanol–water partition coefficient (Wildman–Crippen LogP) is 13.1. The number of hydrogen-bond donors (Lipinski definition) is 0. The Kier molecular flexibility index (Phi) is 24.7. The van der Waals surface area contributed by atoms with Crippen molar-refractivity contribution >= 4 is 0 Å². The van der Waals surface area contributed by atoms with Gasteiger partial charge in [-0.3, -0.25) is 0 Å². The van der Waals surface area contributed by atoms with Gasteiger partial charge in [0.15, 0.2) is 0 Å². The molecule has 0 nitrogen and oxygen atoms in total. The summed E-state index contributed by atoms with van der Waals surface area (Å²) in [5.74, 6) is 1.91. The quantitative estimate of drug-likeness (QED) is 0.103. The van der Waals surface area contributed by atoms with Gasteiger partial charge in [0.1, 0.15) is 0 Å². The molecule has 206 valence electrons. The first-order valence-corrected chi connectivity index (χ1v) is 16.4. The molecule has 0 aromatic heterocycles. The fraction of sp³-hybridized carbons (Fsp3) is 1.00. The van der Waals surface area contributed by atoms with Crippen LogP contribution in [0.3, 0.4) is 0 Å². The van der Waals surface area contributed by atoms with Crippen LogP contribution < -0.4 is 0 Å². The molecule has 0 aliphatic rings. The highest BCUT2D eigenvalue weighted by Crippen LogP contribution is 2.30. The van der Waals surface area contributed by atoms with E-state index < -0.39 is 0 Å². The molecule has 0 rings (SSSR count). The number of rotatable bonds is 27. The van der Waals surface area contributed by atoms with Gasteiger partial charge in [0.2, 0.25) is 0 Å². The SMILES string of the molecule is CCCCCCCCC(CCCCCCCCCC(C)(C)CCCCC)CCCCCC(C)C. The standard InChI is InChI=1S/C34H70/c1-7-9-11-12-16-21-27-33(29-23-19-20-26-32(3)4)28-22-17-14-13-15-18-25-31-34(5,6)30-24-10-8-2/h32-33H,7-31H2,1-6H3. The Balaban J connectivity index is 3.86. The summed E-state index contributed by atoms with van der Waals surface area (Å²) in [7, 11) is 0. The van der Waals surface area contributed by atoms with Gasteiger partial charge in [-0.15, -0.1) is 0 Å². The lowest BCUT2D eigenvalue weighted by Gasteiger charge is -2.24. The second-order valence-corrected chi connectivity index (χ2v) is 13.1. The molecule has 0 bridgehead atoms. The van der Waals surface area contributed by atoms with E-state index in [1.54, 1.807) is 0 Å². The van der Waals surface area contributed by atoms with Crippen LogP contribution in [-0.4, -0.2) is 0 Å². The Hall–Kier alpha value is 0. The van der Waals surface area contributed by atoms with Gasteiger partial charge in [0.05, 0.1) is 0 Å². The van der Waals surface area contributed by atoms with E-state index in [9.17, 15) is 0 Å². The van der Waals surface area contributed by atoms with Crippen LogP contribution >= 0.6 is 0 Å². The van der Waals surface area contributed by atoms with Gasteiger partial charge in [0.25, 0.3) is 0 Å². The minimum atomic E-state index is 0.578. The maximum absolute atomic E-state index is 2.49. The van der Waals surface area contributed by atoms with Crippen molar-refractivity contribution in [3.8, 4) is 0 Å². The molecular formula is C34H70. The first kappa shape index (κ1) is 34.0. The second kappa shape index (κ2) is 24.7. The maximum atomic E-state index is 2.49. The zero-order valence-corrected chi connectivity index (χ0v) is 25.3. The summed E-state index contributed by atoms with van der Waals surface area (Å²) >= 11 is 0. The van der Waals surface area contributed by atoms with Gasteiger partial charge >= 0.3 is 0 Å². The lowest BCUT2D eigenvalue weighted by atomic mass is 9.82. The van der Waals surface area contributed by atoms with Crippen molar-refractivity contribution < 1.29 is 0 Å². The molecule has 0 radical (unpaired) electrons. The van der Waals surface area contributed by atoms with Crippen LogP contribution in [-0.2, 0) is 0 Å². The van der Waals surface area contributed by atoms with Crippen molar-refractivity contribution in [3.63, 3.8) is 0 Å². The third-order valence-corrected chi connectivity index (χ3v) is 8.28. The molecule has 0 fully saturated rings. The minimum Gasteiger partial charge on any atom is -0.0654 e. The van der Waals surface area contributed by atoms with E-state index in [1.165, 1.54) is 161 Å². The largest absolute Gasteiger partial charge is 0.0654 e. The Bertz CT molecular complexity index is 379. The normalized spacial score (nSPS) is 13.1. The van der Waals surface area contributed by atoms with Crippen molar-refractivity contribution in [2.75, 3.05) is 0 Å². The monoisotopic (exact) mass is 479 g/mol. The lowest BCUT2D eigenvalue weighted by molar-refractivity contribution is 0.283. The van der Waals surface area contributed by atoms with Gasteiger partial charge in [-0.05, 0) is 30.1 Å². The molecule has 0 saturated carbocycles. The molecule has 0 aromatic carbocycles. The fourth-order valence-electron chi connectivity index (χ4n) is 5.71. The summed E-state index contributed by atoms with van der Waals surface area (Å²) in [6.07, 6.45) is 36.5. The molecule has 1 unspecified atom stereocenters. The molecule has 0 amide bonds. The third-order valence-electron chi connectivity index (χ3n) is 8.28. The van der Waals surface area contributed by atoms with E-state index in [2.05, 4.69) is 41.5 Å². The highest BCUT2D eigenvalue weighted by atomic mass is 14.2. The van der Waals surface area contributed by atoms with Crippen LogP contribution in [0.1, 0.15) is 202 Å². The zero-order valence-electron chi connectivity index (χ0n) is 25.3. The highest BCUT2D eigenvalue weighted by Gasteiger charge is 2.16. The Labute approximate surface area is 219 Å². The van der Waals surface area contributed by atoms with E-state index in [0.717, 1.165) is 11.8 Å². The van der Waals surface area contributed by atoms with E-state index in [-0.39, 0.29) is 0 Å². The van der Waals surface area contributed by atoms with E-state index in [4.69, 9.17) is 0 Å². The van der Waals surface area contributed by atoms with Gasteiger partial charge in [-0.2, -0.15) is 0 Å². The molecule has 0 heteroatoms. The summed E-state index contributed by atoms with van der Waals surface area (Å²) in [6.45, 7) is 14.4. The molecule has 0 aliphatic heterocycles. The lowest BCUT2D eigenvalue weighted by Crippen LogP contribution is -2.10. The summed E-state index contributed by atoms with van der Waals surface area (Å²) in [4.78, 5) is 0. The zero-order chi connectivity index (χ0) is 25.3. The van der Waals surface area contributed by atoms with Crippen molar-refractivity contribution in [3.05, 3.63) is 0 Å². The Morgan fingerprint density at radius 1 is 0.412 bits per heavy atom. The molecule has 34 heavy (non-hydrogen) atoms. The van der Waals surface area contributed by atoms with Gasteiger partial charge in [0, 0.05) is 0 Å². The Morgan fingerprint density at radius 2 is 0.735 bits per heavy atom. The maximum Gasteiger partial charge on any atom is -0.0354 e. The number of hydrogen-bond acceptors (Lipinski definition) is 0. The summed E-state index contributed by atoms with van der Waals surface area (Å²) in [6, 6.07) is 0. The van der Waals surface area contributed by atoms with Gasteiger partial charge < -0.3 is 0 Å². The van der Waals surface area contributed by atoms with Crippen molar-refractivity contribution in [2.24, 2.45) is 17.3 Å². The van der Waals surface area contributed by atoms with Crippen LogP contribution in [0, 0.1) is 17.3 Å². The average molecular weight is 479 g/mol. The molecular weight excluding hydrogens is 408 g/mol. The van der Waals surface area contributed by atoms with Crippen LogP contribution in [0.4, 0.5) is 0 Å². The van der Waals surface area contributed by atoms with E-state index in [1.807, 2.05) is 0 Å². The third kappa shape index (κ3) is 25.1. The Morgan fingerprint density at radius 3 is 1.21 bits per heavy atom. The molecule has 1 atom stereocenters. The van der Waals surface area contributed by atoms with Crippen LogP contribution in [0.15, 0.2) is 0 Å². The van der Waals surface area contributed by atoms with Crippen molar-refractivity contribution in [1.82, 2.24) is 0 Å². The van der Waals surface area contributed by atoms with Crippen LogP contribution in [0.5, 0.6) is 0 Å². The first-order valence-electron chi connectivity index (χ1n) is 16.4. The second-order valence-electron chi connectivity index (χ2n) is 13.1. The molecule has 0 aromatic rings. The van der Waals surface area contributed by atoms with E-state index >= 15 is 0 Å². The molecule has 0 N–H and O–H groups in total. The fourth-order valence-corrected chi connectivity index (χ4v) is 5.71. The minimum absolute atomic E-state index is 0.578. The summed E-state index contributed by atoms with van der Waals surface area (Å²) in [5, 5.41) is 0. The summed E-state index contributed by atoms with van der Waals surface area (Å²) < 4.78 is 0. The highest BCUT2D eigenvalue weighted by molar-refractivity contribution is 4.68. The van der Waals surface area contributed by atoms with Crippen molar-refractivity contribution in [2.45, 2.75) is 202 Å². The van der Waals surface area contributed by atoms with Crippen LogP contribution in [0.2, 0.25) is 0 Å². The average Bonchev–Trinajstić information content (AvgIpc) is 2.79. The molecule has 0 heterocycles. The van der Waals surface area contributed by atoms with Gasteiger partial charge in [-0.25, -0.2) is 0 Å². The summed E-state index contributed by atoms with van der Waals surface area (Å²) in [5.41, 5.74) is 0.578.